The van der Waals surface area contributed by atoms with Crippen LogP contribution >= 0.6 is 0 Å². The van der Waals surface area contributed by atoms with Crippen molar-refractivity contribution in [2.75, 3.05) is 38.1 Å². The van der Waals surface area contributed by atoms with Crippen LogP contribution in [0.1, 0.15) is 48.3 Å². The molecule has 3 aliphatic rings. The third-order valence-electron chi connectivity index (χ3n) is 9.12. The van der Waals surface area contributed by atoms with E-state index < -0.39 is 59.1 Å². The first-order chi connectivity index (χ1) is 21.0. The maximum atomic E-state index is 13.8. The third kappa shape index (κ3) is 6.66. The lowest BCUT2D eigenvalue weighted by molar-refractivity contribution is -0.143. The number of carbonyl (C=O) groups excluding carboxylic acids is 2. The Hall–Kier alpha value is -4.04. The van der Waals surface area contributed by atoms with E-state index in [0.29, 0.717) is 43.4 Å². The van der Waals surface area contributed by atoms with E-state index in [2.05, 4.69) is 0 Å². The molecule has 4 amide bonds. The predicted molar refractivity (Wildman–Crippen MR) is 147 cm³/mol. The summed E-state index contributed by atoms with van der Waals surface area (Å²) in [6, 6.07) is 4.83. The summed E-state index contributed by atoms with van der Waals surface area (Å²) in [4.78, 5) is 43.7. The van der Waals surface area contributed by atoms with E-state index in [0.717, 1.165) is 4.90 Å². The zero-order valence-corrected chi connectivity index (χ0v) is 24.1. The Morgan fingerprint density at radius 3 is 1.98 bits per heavy atom. The molecule has 2 aromatic carbocycles. The number of benzene rings is 2. The number of likely N-dealkylation sites (tertiary alicyclic amines) is 1. The number of hydrogen-bond donors (Lipinski definition) is 1. The molecule has 2 saturated heterocycles. The van der Waals surface area contributed by atoms with E-state index >= 15 is 0 Å². The Bertz CT molecular complexity index is 1410. The molecular weight excluding hydrogens is 613 g/mol. The van der Waals surface area contributed by atoms with Crippen LogP contribution in [0.25, 0.3) is 0 Å². The summed E-state index contributed by atoms with van der Waals surface area (Å²) in [5.41, 5.74) is -3.00. The Morgan fingerprint density at radius 1 is 0.867 bits per heavy atom. The van der Waals surface area contributed by atoms with Gasteiger partial charge < -0.3 is 19.8 Å². The van der Waals surface area contributed by atoms with Crippen LogP contribution in [-0.2, 0) is 17.1 Å². The first kappa shape index (κ1) is 32.4. The van der Waals surface area contributed by atoms with E-state index in [4.69, 9.17) is 0 Å². The van der Waals surface area contributed by atoms with Crippen LogP contribution in [-0.4, -0.2) is 83.1 Å². The molecule has 2 aromatic rings. The molecule has 2 aliphatic heterocycles. The molecule has 45 heavy (non-hydrogen) atoms. The van der Waals surface area contributed by atoms with E-state index in [1.807, 2.05) is 0 Å². The van der Waals surface area contributed by atoms with Crippen LogP contribution in [0.4, 0.5) is 46.0 Å². The highest BCUT2D eigenvalue weighted by Gasteiger charge is 2.47. The van der Waals surface area contributed by atoms with Crippen molar-refractivity contribution in [2.45, 2.75) is 56.0 Å². The van der Waals surface area contributed by atoms with Crippen molar-refractivity contribution in [3.63, 3.8) is 0 Å². The second-order valence-electron chi connectivity index (χ2n) is 11.8. The highest BCUT2D eigenvalue weighted by molar-refractivity contribution is 5.95. The zero-order valence-electron chi connectivity index (χ0n) is 24.1. The molecule has 1 saturated carbocycles. The van der Waals surface area contributed by atoms with Crippen molar-refractivity contribution in [1.82, 2.24) is 14.7 Å². The highest BCUT2D eigenvalue weighted by atomic mass is 19.4. The van der Waals surface area contributed by atoms with Crippen molar-refractivity contribution in [3.05, 3.63) is 65.0 Å². The average Bonchev–Trinajstić information content (AvgIpc) is 3.59. The Labute approximate surface area is 254 Å². The summed E-state index contributed by atoms with van der Waals surface area (Å²) in [5, 5.41) is 9.27. The van der Waals surface area contributed by atoms with Crippen molar-refractivity contribution in [3.8, 4) is 0 Å². The molecule has 0 radical (unpaired) electrons. The smallest absolute Gasteiger partial charge is 0.416 e. The number of alkyl halides is 6. The summed E-state index contributed by atoms with van der Waals surface area (Å²) in [7, 11) is 1.48. The quantitative estimate of drug-likeness (QED) is 0.389. The molecule has 15 heteroatoms. The lowest BCUT2D eigenvalue weighted by Crippen LogP contribution is -2.45. The Kier molecular flexibility index (Phi) is 8.66. The van der Waals surface area contributed by atoms with Crippen molar-refractivity contribution >= 4 is 23.7 Å². The molecule has 0 bridgehead atoms. The number of anilines is 1. The summed E-state index contributed by atoms with van der Waals surface area (Å²) < 4.78 is 94.8. The van der Waals surface area contributed by atoms with Gasteiger partial charge in [0.15, 0.2) is 0 Å². The molecule has 8 nitrogen and oxygen atoms in total. The number of hydrogen-bond acceptors (Lipinski definition) is 3. The molecule has 0 spiro atoms. The fourth-order valence-corrected chi connectivity index (χ4v) is 6.64. The topological polar surface area (TPSA) is 84.4 Å². The lowest BCUT2D eigenvalue weighted by Gasteiger charge is -2.34. The minimum atomic E-state index is -5.08. The van der Waals surface area contributed by atoms with Gasteiger partial charge in [-0.25, -0.2) is 14.0 Å². The van der Waals surface area contributed by atoms with E-state index in [1.54, 1.807) is 4.90 Å². The summed E-state index contributed by atoms with van der Waals surface area (Å²) in [6.45, 7) is 0.0219. The van der Waals surface area contributed by atoms with Crippen LogP contribution in [0.2, 0.25) is 0 Å². The van der Waals surface area contributed by atoms with Gasteiger partial charge in [0.2, 0.25) is 5.91 Å². The number of carboxylic acid groups (broad SMARTS) is 1. The normalized spacial score (nSPS) is 24.4. The predicted octanol–water partition coefficient (Wildman–Crippen LogP) is 6.27. The van der Waals surface area contributed by atoms with Gasteiger partial charge in [-0.3, -0.25) is 9.69 Å². The zero-order chi connectivity index (χ0) is 32.8. The Balaban J connectivity index is 1.39. The molecule has 5 rings (SSSR count). The molecule has 1 aliphatic carbocycles. The number of amides is 4. The molecule has 244 valence electrons. The second-order valence-corrected chi connectivity index (χ2v) is 11.8. The van der Waals surface area contributed by atoms with E-state index in [1.165, 1.54) is 41.1 Å². The molecule has 3 fully saturated rings. The minimum Gasteiger partial charge on any atom is -0.465 e. The van der Waals surface area contributed by atoms with Gasteiger partial charge in [-0.2, -0.15) is 26.3 Å². The van der Waals surface area contributed by atoms with Gasteiger partial charge >= 0.3 is 24.5 Å². The molecule has 2 atom stereocenters. The first-order valence-electron chi connectivity index (χ1n) is 14.4. The van der Waals surface area contributed by atoms with Crippen LogP contribution in [0.15, 0.2) is 42.5 Å². The number of nitrogens with zero attached hydrogens (tertiary/aromatic N) is 4. The van der Waals surface area contributed by atoms with Gasteiger partial charge in [-0.1, -0.05) is 12.1 Å². The Morgan fingerprint density at radius 2 is 1.44 bits per heavy atom. The minimum absolute atomic E-state index is 0.0000115. The van der Waals surface area contributed by atoms with E-state index in [-0.39, 0.29) is 50.1 Å². The van der Waals surface area contributed by atoms with Gasteiger partial charge in [0.1, 0.15) is 5.82 Å². The standard InChI is InChI=1S/C30H31F7N4O4/c1-38(28(44)45)22-8-4-18(5-9-22)26(42)39-15-24(17-2-6-21(31)7-3-17)25(16-39)41-11-10-40(27(41)43)23-13-19(29(32,33)34)12-20(14-23)30(35,36)37/h2-3,6-7,12-14,18,22,24-25H,4-5,8-11,15-16H2,1H3,(H,44,45)/t18-,22-,24-,25+/m0/s1. The summed E-state index contributed by atoms with van der Waals surface area (Å²) >= 11 is 0. The lowest BCUT2D eigenvalue weighted by atomic mass is 9.84. The highest BCUT2D eigenvalue weighted by Crippen LogP contribution is 2.41. The first-order valence-corrected chi connectivity index (χ1v) is 14.4. The van der Waals surface area contributed by atoms with Gasteiger partial charge in [0.25, 0.3) is 0 Å². The van der Waals surface area contributed by atoms with Gasteiger partial charge in [-0.15, -0.1) is 0 Å². The summed E-state index contributed by atoms with van der Waals surface area (Å²) in [5.74, 6) is -1.57. The maximum absolute atomic E-state index is 13.8. The van der Waals surface area contributed by atoms with Crippen LogP contribution in [0, 0.1) is 11.7 Å². The van der Waals surface area contributed by atoms with Gasteiger partial charge in [0, 0.05) is 56.8 Å². The van der Waals surface area contributed by atoms with Gasteiger partial charge in [0.05, 0.1) is 17.2 Å². The number of rotatable bonds is 5. The van der Waals surface area contributed by atoms with Crippen LogP contribution in [0.5, 0.6) is 0 Å². The molecule has 0 unspecified atom stereocenters. The molecule has 1 N–H and O–H groups in total. The van der Waals surface area contributed by atoms with Crippen LogP contribution < -0.4 is 4.90 Å². The third-order valence-corrected chi connectivity index (χ3v) is 9.12. The largest absolute Gasteiger partial charge is 0.465 e. The molecular formula is C30H31F7N4O4. The monoisotopic (exact) mass is 644 g/mol. The average molecular weight is 645 g/mol. The number of urea groups is 1. The number of halogens is 7. The summed E-state index contributed by atoms with van der Waals surface area (Å²) in [6.07, 6.45) is -9.32. The van der Waals surface area contributed by atoms with Crippen molar-refractivity contribution in [1.29, 1.82) is 0 Å². The molecule has 0 aromatic heterocycles. The maximum Gasteiger partial charge on any atom is 0.416 e. The van der Waals surface area contributed by atoms with Crippen molar-refractivity contribution in [2.24, 2.45) is 5.92 Å². The van der Waals surface area contributed by atoms with Gasteiger partial charge in [-0.05, 0) is 61.6 Å². The van der Waals surface area contributed by atoms with E-state index in [9.17, 15) is 50.2 Å². The number of carbonyl (C=O) groups is 3. The fraction of sp³-hybridized carbons (Fsp3) is 0.500. The fourth-order valence-electron chi connectivity index (χ4n) is 6.64. The van der Waals surface area contributed by atoms with Crippen molar-refractivity contribution < 1.29 is 50.2 Å². The second kappa shape index (κ2) is 12.0. The van der Waals surface area contributed by atoms with Crippen LogP contribution in [0.3, 0.4) is 0 Å². The SMILES string of the molecule is CN(C(=O)O)[C@H]1CC[C@H](C(=O)N2C[C@@H](N3CCN(c4cc(C(F)(F)F)cc(C(F)(F)F)c4)C3=O)[C@H](c3ccc(F)cc3)C2)CC1. The molecule has 2 heterocycles.